The first-order chi connectivity index (χ1) is 9.20. The van der Waals surface area contributed by atoms with Gasteiger partial charge in [0.25, 0.3) is 0 Å². The summed E-state index contributed by atoms with van der Waals surface area (Å²) in [4.78, 5) is 2.36. The van der Waals surface area contributed by atoms with Gasteiger partial charge in [0.15, 0.2) is 0 Å². The second kappa shape index (κ2) is 7.49. The third-order valence-corrected chi connectivity index (χ3v) is 4.45. The Kier molecular flexibility index (Phi) is 5.96. The highest BCUT2D eigenvalue weighted by atomic mass is 35.5. The molecule has 1 N–H and O–H groups in total. The minimum absolute atomic E-state index is 0.196. The molecule has 4 heteroatoms. The Labute approximate surface area is 125 Å². The fourth-order valence-electron chi connectivity index (χ4n) is 2.83. The Hall–Kier alpha value is -0.280. The molecule has 0 aliphatic heterocycles. The Bertz CT molecular complexity index is 405. The summed E-state index contributed by atoms with van der Waals surface area (Å²) >= 11 is 12.2. The SMILES string of the molecule is OCCN(Cc1ccc(Cl)cc1Cl)C1CCCCC1. The van der Waals surface area contributed by atoms with E-state index in [1.807, 2.05) is 12.1 Å². The van der Waals surface area contributed by atoms with Crippen LogP contribution in [0.3, 0.4) is 0 Å². The van der Waals surface area contributed by atoms with E-state index >= 15 is 0 Å². The quantitative estimate of drug-likeness (QED) is 0.884. The Morgan fingerprint density at radius 1 is 1.16 bits per heavy atom. The molecule has 2 nitrogen and oxygen atoms in total. The lowest BCUT2D eigenvalue weighted by molar-refractivity contribution is 0.117. The maximum atomic E-state index is 9.26. The third-order valence-electron chi connectivity index (χ3n) is 3.87. The van der Waals surface area contributed by atoms with E-state index in [1.54, 1.807) is 6.07 Å². The van der Waals surface area contributed by atoms with Crippen LogP contribution in [0, 0.1) is 0 Å². The first-order valence-corrected chi connectivity index (χ1v) is 7.75. The summed E-state index contributed by atoms with van der Waals surface area (Å²) in [6, 6.07) is 6.22. The number of hydrogen-bond donors (Lipinski definition) is 1. The van der Waals surface area contributed by atoms with Gasteiger partial charge >= 0.3 is 0 Å². The van der Waals surface area contributed by atoms with E-state index in [4.69, 9.17) is 23.2 Å². The zero-order valence-electron chi connectivity index (χ0n) is 11.1. The van der Waals surface area contributed by atoms with E-state index in [-0.39, 0.29) is 6.61 Å². The van der Waals surface area contributed by atoms with Crippen molar-refractivity contribution in [2.45, 2.75) is 44.7 Å². The van der Waals surface area contributed by atoms with Crippen molar-refractivity contribution >= 4 is 23.2 Å². The highest BCUT2D eigenvalue weighted by molar-refractivity contribution is 6.35. The minimum atomic E-state index is 0.196. The van der Waals surface area contributed by atoms with Gasteiger partial charge < -0.3 is 5.11 Å². The van der Waals surface area contributed by atoms with Gasteiger partial charge in [-0.1, -0.05) is 48.5 Å². The molecule has 1 fully saturated rings. The molecule has 0 heterocycles. The van der Waals surface area contributed by atoms with Crippen molar-refractivity contribution in [3.8, 4) is 0 Å². The van der Waals surface area contributed by atoms with Crippen molar-refractivity contribution < 1.29 is 5.11 Å². The highest BCUT2D eigenvalue weighted by Gasteiger charge is 2.21. The first-order valence-electron chi connectivity index (χ1n) is 6.99. The maximum absolute atomic E-state index is 9.26. The topological polar surface area (TPSA) is 23.5 Å². The molecule has 0 radical (unpaired) electrons. The third kappa shape index (κ3) is 4.35. The van der Waals surface area contributed by atoms with E-state index in [1.165, 1.54) is 32.1 Å². The summed E-state index contributed by atoms with van der Waals surface area (Å²) in [5, 5.41) is 10.6. The van der Waals surface area contributed by atoms with Crippen molar-refractivity contribution in [3.63, 3.8) is 0 Å². The fraction of sp³-hybridized carbons (Fsp3) is 0.600. The van der Waals surface area contributed by atoms with Crippen LogP contribution in [0.4, 0.5) is 0 Å². The van der Waals surface area contributed by atoms with Gasteiger partial charge in [0.1, 0.15) is 0 Å². The molecule has 106 valence electrons. The number of aliphatic hydroxyl groups is 1. The number of benzene rings is 1. The average Bonchev–Trinajstić information content (AvgIpc) is 2.42. The van der Waals surface area contributed by atoms with Gasteiger partial charge in [-0.3, -0.25) is 4.90 Å². The summed E-state index contributed by atoms with van der Waals surface area (Å²) in [6.45, 7) is 1.70. The average molecular weight is 302 g/mol. The molecule has 0 atom stereocenters. The molecule has 0 unspecified atom stereocenters. The smallest absolute Gasteiger partial charge is 0.0558 e. The van der Waals surface area contributed by atoms with Crippen LogP contribution >= 0.6 is 23.2 Å². The Morgan fingerprint density at radius 2 is 1.89 bits per heavy atom. The van der Waals surface area contributed by atoms with E-state index in [9.17, 15) is 5.11 Å². The lowest BCUT2D eigenvalue weighted by Gasteiger charge is -2.34. The van der Waals surface area contributed by atoms with Crippen LogP contribution in [-0.2, 0) is 6.54 Å². The zero-order chi connectivity index (χ0) is 13.7. The van der Waals surface area contributed by atoms with Crippen LogP contribution in [0.5, 0.6) is 0 Å². The van der Waals surface area contributed by atoms with E-state index in [2.05, 4.69) is 4.90 Å². The van der Waals surface area contributed by atoms with E-state index < -0.39 is 0 Å². The summed E-state index contributed by atoms with van der Waals surface area (Å²) in [6.07, 6.45) is 6.38. The fourth-order valence-corrected chi connectivity index (χ4v) is 3.30. The van der Waals surface area contributed by atoms with Gasteiger partial charge in [-0.2, -0.15) is 0 Å². The summed E-state index contributed by atoms with van der Waals surface area (Å²) in [7, 11) is 0. The van der Waals surface area contributed by atoms with Crippen molar-refractivity contribution in [1.82, 2.24) is 4.90 Å². The maximum Gasteiger partial charge on any atom is 0.0558 e. The number of rotatable bonds is 5. The molecule has 0 saturated heterocycles. The van der Waals surface area contributed by atoms with Gasteiger partial charge in [-0.25, -0.2) is 0 Å². The van der Waals surface area contributed by atoms with E-state index in [0.717, 1.165) is 12.1 Å². The Morgan fingerprint density at radius 3 is 2.53 bits per heavy atom. The van der Waals surface area contributed by atoms with Gasteiger partial charge in [0, 0.05) is 29.2 Å². The number of hydrogen-bond acceptors (Lipinski definition) is 2. The standard InChI is InChI=1S/C15H21Cl2NO/c16-13-7-6-12(15(17)10-13)11-18(8-9-19)14-4-2-1-3-5-14/h6-7,10,14,19H,1-5,8-9,11H2. The van der Waals surface area contributed by atoms with Crippen LogP contribution in [0.25, 0.3) is 0 Å². The first kappa shape index (κ1) is 15.1. The highest BCUT2D eigenvalue weighted by Crippen LogP contribution is 2.27. The molecule has 0 aromatic heterocycles. The largest absolute Gasteiger partial charge is 0.395 e. The lowest BCUT2D eigenvalue weighted by Crippen LogP contribution is -2.38. The van der Waals surface area contributed by atoms with Crippen molar-refractivity contribution in [3.05, 3.63) is 33.8 Å². The normalized spacial score (nSPS) is 17.1. The zero-order valence-corrected chi connectivity index (χ0v) is 12.6. The lowest BCUT2D eigenvalue weighted by atomic mass is 9.94. The number of nitrogens with zero attached hydrogens (tertiary/aromatic N) is 1. The summed E-state index contributed by atoms with van der Waals surface area (Å²) < 4.78 is 0. The molecular formula is C15H21Cl2NO. The predicted molar refractivity (Wildman–Crippen MR) is 80.8 cm³/mol. The van der Waals surface area contributed by atoms with Crippen molar-refractivity contribution in [2.75, 3.05) is 13.2 Å². The van der Waals surface area contributed by atoms with Gasteiger partial charge in [-0.15, -0.1) is 0 Å². The molecule has 1 aromatic rings. The van der Waals surface area contributed by atoms with Crippen LogP contribution in [-0.4, -0.2) is 29.2 Å². The van der Waals surface area contributed by atoms with Crippen LogP contribution < -0.4 is 0 Å². The number of aliphatic hydroxyl groups excluding tert-OH is 1. The number of halogens is 2. The van der Waals surface area contributed by atoms with Crippen LogP contribution in [0.1, 0.15) is 37.7 Å². The monoisotopic (exact) mass is 301 g/mol. The minimum Gasteiger partial charge on any atom is -0.395 e. The second-order valence-corrected chi connectivity index (χ2v) is 6.07. The molecular weight excluding hydrogens is 281 g/mol. The van der Waals surface area contributed by atoms with Crippen molar-refractivity contribution in [2.24, 2.45) is 0 Å². The van der Waals surface area contributed by atoms with Gasteiger partial charge in [-0.05, 0) is 30.5 Å². The molecule has 1 saturated carbocycles. The van der Waals surface area contributed by atoms with Crippen LogP contribution in [0.2, 0.25) is 10.0 Å². The van der Waals surface area contributed by atoms with Crippen molar-refractivity contribution in [1.29, 1.82) is 0 Å². The molecule has 0 bridgehead atoms. The molecule has 1 aliphatic carbocycles. The van der Waals surface area contributed by atoms with Crippen LogP contribution in [0.15, 0.2) is 18.2 Å². The van der Waals surface area contributed by atoms with Gasteiger partial charge in [0.2, 0.25) is 0 Å². The van der Waals surface area contributed by atoms with E-state index in [0.29, 0.717) is 22.6 Å². The molecule has 1 aromatic carbocycles. The molecule has 2 rings (SSSR count). The molecule has 0 amide bonds. The summed E-state index contributed by atoms with van der Waals surface area (Å²) in [5.74, 6) is 0. The second-order valence-electron chi connectivity index (χ2n) is 5.22. The molecule has 0 spiro atoms. The predicted octanol–water partition coefficient (Wildman–Crippen LogP) is 4.12. The van der Waals surface area contributed by atoms with Gasteiger partial charge in [0.05, 0.1) is 6.61 Å². The molecule has 19 heavy (non-hydrogen) atoms. The summed E-state index contributed by atoms with van der Waals surface area (Å²) in [5.41, 5.74) is 1.09. The molecule has 1 aliphatic rings. The Balaban J connectivity index is 2.06.